The van der Waals surface area contributed by atoms with E-state index in [1.165, 1.54) is 0 Å². The summed E-state index contributed by atoms with van der Waals surface area (Å²) in [6.45, 7) is 11.4. The minimum absolute atomic E-state index is 0.0509. The van der Waals surface area contributed by atoms with Gasteiger partial charge >= 0.3 is 11.9 Å². The van der Waals surface area contributed by atoms with Crippen LogP contribution in [-0.2, 0) is 19.1 Å². The number of piperidine rings is 1. The molecule has 0 unspecified atom stereocenters. The van der Waals surface area contributed by atoms with E-state index in [0.717, 1.165) is 42.8 Å². The SMILES string of the molecule is Cc1cc(OC2CCN(C(C)C)CC2)ccc1C=CC(=O)N1CCOCC1.O=C(O)[C@H](O)[C@@H](O)C(=O)O. The summed E-state index contributed by atoms with van der Waals surface area (Å²) in [6.07, 6.45) is 1.48. The summed E-state index contributed by atoms with van der Waals surface area (Å²) in [7, 11) is 0. The smallest absolute Gasteiger partial charge is 0.335 e. The number of hydrogen-bond acceptors (Lipinski definition) is 8. The summed E-state index contributed by atoms with van der Waals surface area (Å²) >= 11 is 0. The van der Waals surface area contributed by atoms with Crippen LogP contribution in [0.5, 0.6) is 5.75 Å². The van der Waals surface area contributed by atoms with Gasteiger partial charge in [-0.15, -0.1) is 0 Å². The molecule has 37 heavy (non-hydrogen) atoms. The van der Waals surface area contributed by atoms with Gasteiger partial charge in [0.05, 0.1) is 13.2 Å². The Labute approximate surface area is 216 Å². The number of nitrogens with zero attached hydrogens (tertiary/aromatic N) is 2. The normalized spacial score (nSPS) is 18.7. The molecular weight excluding hydrogens is 484 g/mol. The van der Waals surface area contributed by atoms with Gasteiger partial charge in [-0.2, -0.15) is 0 Å². The van der Waals surface area contributed by atoms with Crippen molar-refractivity contribution < 1.29 is 44.3 Å². The molecule has 2 aliphatic rings. The summed E-state index contributed by atoms with van der Waals surface area (Å²) in [5.41, 5.74) is 2.18. The van der Waals surface area contributed by atoms with Crippen LogP contribution >= 0.6 is 0 Å². The van der Waals surface area contributed by atoms with E-state index in [9.17, 15) is 14.4 Å². The van der Waals surface area contributed by atoms with E-state index in [1.54, 1.807) is 6.08 Å². The number of aliphatic carboxylic acids is 2. The summed E-state index contributed by atoms with van der Waals surface area (Å²) in [5.74, 6) is -2.56. The molecule has 3 rings (SSSR count). The molecule has 2 saturated heterocycles. The second-order valence-electron chi connectivity index (χ2n) is 9.30. The predicted molar refractivity (Wildman–Crippen MR) is 135 cm³/mol. The Hall–Kier alpha value is -2.99. The Balaban J connectivity index is 0.000000410. The second kappa shape index (κ2) is 14.7. The van der Waals surface area contributed by atoms with Crippen LogP contribution in [0.4, 0.5) is 0 Å². The van der Waals surface area contributed by atoms with Gasteiger partial charge in [0.2, 0.25) is 5.91 Å². The summed E-state index contributed by atoms with van der Waals surface area (Å²) in [5, 5.41) is 32.5. The fraction of sp³-hybridized carbons (Fsp3) is 0.577. The topological polar surface area (TPSA) is 157 Å². The molecule has 4 N–H and O–H groups in total. The monoisotopic (exact) mass is 522 g/mol. The number of rotatable bonds is 8. The van der Waals surface area contributed by atoms with Crippen molar-refractivity contribution in [1.82, 2.24) is 9.80 Å². The van der Waals surface area contributed by atoms with E-state index in [2.05, 4.69) is 31.7 Å². The number of carbonyl (C=O) groups excluding carboxylic acids is 1. The number of carboxylic acids is 2. The molecule has 0 aromatic heterocycles. The Morgan fingerprint density at radius 2 is 1.57 bits per heavy atom. The molecule has 1 amide bonds. The van der Waals surface area contributed by atoms with Crippen molar-refractivity contribution in [2.24, 2.45) is 0 Å². The molecule has 0 aliphatic carbocycles. The van der Waals surface area contributed by atoms with Gasteiger partial charge in [0, 0.05) is 38.3 Å². The lowest BCUT2D eigenvalue weighted by molar-refractivity contribution is -0.165. The van der Waals surface area contributed by atoms with Crippen LogP contribution in [0.1, 0.15) is 37.8 Å². The molecule has 0 spiro atoms. The first-order chi connectivity index (χ1) is 17.5. The average molecular weight is 523 g/mol. The van der Waals surface area contributed by atoms with Gasteiger partial charge in [0.25, 0.3) is 0 Å². The maximum absolute atomic E-state index is 12.2. The maximum Gasteiger partial charge on any atom is 0.335 e. The lowest BCUT2D eigenvalue weighted by Crippen LogP contribution is -2.41. The summed E-state index contributed by atoms with van der Waals surface area (Å²) < 4.78 is 11.5. The summed E-state index contributed by atoms with van der Waals surface area (Å²) in [6, 6.07) is 6.74. The van der Waals surface area contributed by atoms with Crippen molar-refractivity contribution in [3.63, 3.8) is 0 Å². The van der Waals surface area contributed by atoms with Crippen LogP contribution in [0, 0.1) is 6.92 Å². The molecule has 11 nitrogen and oxygen atoms in total. The number of aliphatic hydroxyl groups is 2. The van der Waals surface area contributed by atoms with Gasteiger partial charge in [-0.05, 0) is 62.9 Å². The van der Waals surface area contributed by atoms with Gasteiger partial charge in [0.1, 0.15) is 11.9 Å². The zero-order chi connectivity index (χ0) is 27.5. The fourth-order valence-electron chi connectivity index (χ4n) is 3.93. The number of aliphatic hydroxyl groups excluding tert-OH is 2. The fourth-order valence-corrected chi connectivity index (χ4v) is 3.93. The Morgan fingerprint density at radius 3 is 2.05 bits per heavy atom. The third-order valence-corrected chi connectivity index (χ3v) is 6.28. The predicted octanol–water partition coefficient (Wildman–Crippen LogP) is 0.996. The highest BCUT2D eigenvalue weighted by Gasteiger charge is 2.29. The first kappa shape index (κ1) is 30.2. The molecular formula is C26H38N2O9. The molecule has 2 heterocycles. The van der Waals surface area contributed by atoms with Crippen molar-refractivity contribution >= 4 is 23.9 Å². The largest absolute Gasteiger partial charge is 0.490 e. The van der Waals surface area contributed by atoms with Crippen LogP contribution in [0.3, 0.4) is 0 Å². The Morgan fingerprint density at radius 1 is 1.00 bits per heavy atom. The van der Waals surface area contributed by atoms with Crippen molar-refractivity contribution in [3.8, 4) is 5.75 Å². The van der Waals surface area contributed by atoms with E-state index in [1.807, 2.05) is 23.1 Å². The number of hydrogen-bond donors (Lipinski definition) is 4. The summed E-state index contributed by atoms with van der Waals surface area (Å²) in [4.78, 5) is 36.1. The third kappa shape index (κ3) is 9.77. The van der Waals surface area contributed by atoms with Gasteiger partial charge in [0.15, 0.2) is 12.2 Å². The van der Waals surface area contributed by atoms with Crippen molar-refractivity contribution in [1.29, 1.82) is 0 Å². The average Bonchev–Trinajstić information content (AvgIpc) is 2.88. The molecule has 0 bridgehead atoms. The molecule has 1 aromatic rings. The molecule has 0 saturated carbocycles. The highest BCUT2D eigenvalue weighted by Crippen LogP contribution is 2.23. The number of aryl methyl sites for hydroxylation is 1. The quantitative estimate of drug-likeness (QED) is 0.363. The van der Waals surface area contributed by atoms with Gasteiger partial charge in [-0.1, -0.05) is 6.07 Å². The lowest BCUT2D eigenvalue weighted by atomic mass is 10.1. The number of ether oxygens (including phenoxy) is 2. The van der Waals surface area contributed by atoms with Crippen LogP contribution in [0.15, 0.2) is 24.3 Å². The van der Waals surface area contributed by atoms with E-state index in [4.69, 9.17) is 29.9 Å². The number of carbonyl (C=O) groups is 3. The van der Waals surface area contributed by atoms with E-state index in [-0.39, 0.29) is 5.91 Å². The van der Waals surface area contributed by atoms with Crippen LogP contribution in [0.2, 0.25) is 0 Å². The van der Waals surface area contributed by atoms with Crippen LogP contribution < -0.4 is 4.74 Å². The van der Waals surface area contributed by atoms with E-state index < -0.39 is 24.1 Å². The maximum atomic E-state index is 12.2. The first-order valence-corrected chi connectivity index (χ1v) is 12.4. The van der Waals surface area contributed by atoms with Gasteiger partial charge in [-0.25, -0.2) is 9.59 Å². The molecule has 0 radical (unpaired) electrons. The van der Waals surface area contributed by atoms with Crippen molar-refractivity contribution in [2.45, 2.75) is 58.0 Å². The third-order valence-electron chi connectivity index (χ3n) is 6.28. The minimum atomic E-state index is -2.27. The highest BCUT2D eigenvalue weighted by molar-refractivity contribution is 5.92. The molecule has 2 fully saturated rings. The zero-order valence-corrected chi connectivity index (χ0v) is 21.6. The first-order valence-electron chi connectivity index (χ1n) is 12.4. The molecule has 206 valence electrons. The molecule has 11 heteroatoms. The van der Waals surface area contributed by atoms with Crippen molar-refractivity contribution in [3.05, 3.63) is 35.4 Å². The number of carboxylic acid groups (broad SMARTS) is 2. The minimum Gasteiger partial charge on any atom is -0.490 e. The standard InChI is InChI=1S/C22H32N2O3.C4H6O6/c1-17(2)23-10-8-20(9-11-23)27-21-6-4-19(18(3)16-21)5-7-22(25)24-12-14-26-15-13-24;5-1(3(7)8)2(6)4(9)10/h4-7,16-17,20H,8-15H2,1-3H3;1-2,5-6H,(H,7,8)(H,9,10)/t;1-,2-/m.1/s1. The van der Waals surface area contributed by atoms with Gasteiger partial charge in [-0.3, -0.25) is 4.79 Å². The van der Waals surface area contributed by atoms with E-state index >= 15 is 0 Å². The Bertz CT molecular complexity index is 918. The highest BCUT2D eigenvalue weighted by atomic mass is 16.5. The molecule has 1 aromatic carbocycles. The number of amides is 1. The second-order valence-corrected chi connectivity index (χ2v) is 9.30. The molecule has 2 aliphatic heterocycles. The lowest BCUT2D eigenvalue weighted by Gasteiger charge is -2.34. The van der Waals surface area contributed by atoms with Crippen LogP contribution in [-0.4, -0.2) is 112 Å². The van der Waals surface area contributed by atoms with Gasteiger partial charge < -0.3 is 39.7 Å². The number of likely N-dealkylation sites (tertiary alicyclic amines) is 1. The van der Waals surface area contributed by atoms with Crippen molar-refractivity contribution in [2.75, 3.05) is 39.4 Å². The van der Waals surface area contributed by atoms with E-state index in [0.29, 0.717) is 38.4 Å². The zero-order valence-electron chi connectivity index (χ0n) is 21.6. The Kier molecular flexibility index (Phi) is 12.0. The number of benzene rings is 1. The number of morpholine rings is 1. The molecule has 2 atom stereocenters. The van der Waals surface area contributed by atoms with Crippen LogP contribution in [0.25, 0.3) is 6.08 Å².